The predicted octanol–water partition coefficient (Wildman–Crippen LogP) is 2.94. The number of hydrogen-bond donors (Lipinski definition) is 2. The molecule has 3 aromatic rings. The van der Waals surface area contributed by atoms with Gasteiger partial charge in [-0.05, 0) is 36.4 Å². The first kappa shape index (κ1) is 22.1. The Kier molecular flexibility index (Phi) is 5.86. The maximum Gasteiger partial charge on any atom is 0.294 e. The molecule has 2 N–H and O–H groups in total. The standard InChI is InChI=1S/C19H16N2O8S2/c1-29-19-10-8-15(12-18(19)22)30(25,26)14-7-9-16(17(11-14)21(23)24)20-31(27,28)13-5-3-2-4-6-13/h2-12,20,22H,1H3. The molecule has 0 fully saturated rings. The molecule has 0 unspecified atom stereocenters. The van der Waals surface area contributed by atoms with Crippen LogP contribution in [-0.2, 0) is 19.9 Å². The van der Waals surface area contributed by atoms with Crippen molar-refractivity contribution < 1.29 is 31.6 Å². The van der Waals surface area contributed by atoms with E-state index in [1.807, 2.05) is 0 Å². The van der Waals surface area contributed by atoms with E-state index in [2.05, 4.69) is 4.72 Å². The molecule has 10 nitrogen and oxygen atoms in total. The molecule has 0 atom stereocenters. The minimum Gasteiger partial charge on any atom is -0.504 e. The number of phenols is 1. The van der Waals surface area contributed by atoms with Crippen LogP contribution in [-0.4, -0.2) is 34.0 Å². The van der Waals surface area contributed by atoms with Gasteiger partial charge in [-0.1, -0.05) is 18.2 Å². The number of sulfonamides is 1. The first-order valence-electron chi connectivity index (χ1n) is 8.54. The number of nitro groups is 1. The maximum absolute atomic E-state index is 12.9. The van der Waals surface area contributed by atoms with Crippen LogP contribution >= 0.6 is 0 Å². The average molecular weight is 464 g/mol. The maximum atomic E-state index is 12.9. The summed E-state index contributed by atoms with van der Waals surface area (Å²) in [6.07, 6.45) is 0. The van der Waals surface area contributed by atoms with Crippen molar-refractivity contribution in [2.45, 2.75) is 14.7 Å². The Morgan fingerprint density at radius 3 is 2.10 bits per heavy atom. The smallest absolute Gasteiger partial charge is 0.294 e. The Hall–Kier alpha value is -3.64. The van der Waals surface area contributed by atoms with Crippen LogP contribution in [0.25, 0.3) is 0 Å². The molecule has 0 aliphatic rings. The van der Waals surface area contributed by atoms with E-state index < -0.39 is 46.8 Å². The van der Waals surface area contributed by atoms with Crippen molar-refractivity contribution in [3.63, 3.8) is 0 Å². The van der Waals surface area contributed by atoms with Crippen molar-refractivity contribution in [2.24, 2.45) is 0 Å². The number of methoxy groups -OCH3 is 1. The first-order chi connectivity index (χ1) is 14.6. The molecule has 0 spiro atoms. The molecule has 0 saturated heterocycles. The van der Waals surface area contributed by atoms with Crippen molar-refractivity contribution in [2.75, 3.05) is 11.8 Å². The van der Waals surface area contributed by atoms with Gasteiger partial charge in [-0.2, -0.15) is 0 Å². The van der Waals surface area contributed by atoms with E-state index in [-0.39, 0.29) is 15.5 Å². The Labute approximate surface area is 177 Å². The highest BCUT2D eigenvalue weighted by Gasteiger charge is 2.26. The van der Waals surface area contributed by atoms with Crippen molar-refractivity contribution in [1.29, 1.82) is 0 Å². The van der Waals surface area contributed by atoms with E-state index in [0.29, 0.717) is 0 Å². The highest BCUT2D eigenvalue weighted by molar-refractivity contribution is 7.92. The molecule has 31 heavy (non-hydrogen) atoms. The predicted molar refractivity (Wildman–Crippen MR) is 110 cm³/mol. The monoisotopic (exact) mass is 464 g/mol. The van der Waals surface area contributed by atoms with E-state index in [1.54, 1.807) is 6.07 Å². The average Bonchev–Trinajstić information content (AvgIpc) is 2.74. The van der Waals surface area contributed by atoms with Gasteiger partial charge >= 0.3 is 0 Å². The molecule has 162 valence electrons. The lowest BCUT2D eigenvalue weighted by molar-refractivity contribution is -0.384. The van der Waals surface area contributed by atoms with Crippen LogP contribution in [0.4, 0.5) is 11.4 Å². The molecule has 12 heteroatoms. The minimum absolute atomic E-state index is 0.0515. The third-order valence-corrected chi connectivity index (χ3v) is 7.37. The summed E-state index contributed by atoms with van der Waals surface area (Å²) >= 11 is 0. The number of phenolic OH excluding ortho intramolecular Hbond substituents is 1. The van der Waals surface area contributed by atoms with Gasteiger partial charge in [-0.15, -0.1) is 0 Å². The number of hydrogen-bond acceptors (Lipinski definition) is 8. The number of sulfone groups is 1. The van der Waals surface area contributed by atoms with E-state index in [1.165, 1.54) is 43.5 Å². The molecule has 3 rings (SSSR count). The second kappa shape index (κ2) is 8.24. The normalized spacial score (nSPS) is 11.6. The molecule has 0 aromatic heterocycles. The highest BCUT2D eigenvalue weighted by atomic mass is 32.2. The summed E-state index contributed by atoms with van der Waals surface area (Å²) in [5, 5.41) is 21.4. The number of nitrogens with one attached hydrogen (secondary N) is 1. The summed E-state index contributed by atoms with van der Waals surface area (Å²) in [6.45, 7) is 0. The Morgan fingerprint density at radius 2 is 1.52 bits per heavy atom. The molecular formula is C19H16N2O8S2. The molecule has 3 aromatic carbocycles. The topological polar surface area (TPSA) is 153 Å². The van der Waals surface area contributed by atoms with Gasteiger partial charge in [-0.25, -0.2) is 16.8 Å². The Bertz CT molecular complexity index is 1350. The number of rotatable bonds is 7. The molecule has 0 aliphatic carbocycles. The van der Waals surface area contributed by atoms with Crippen LogP contribution in [0.15, 0.2) is 81.4 Å². The fourth-order valence-electron chi connectivity index (χ4n) is 2.69. The summed E-state index contributed by atoms with van der Waals surface area (Å²) in [5.41, 5.74) is -1.15. The van der Waals surface area contributed by atoms with Crippen LogP contribution in [0, 0.1) is 10.1 Å². The van der Waals surface area contributed by atoms with Gasteiger partial charge in [0.1, 0.15) is 5.69 Å². The van der Waals surface area contributed by atoms with E-state index in [4.69, 9.17) is 4.74 Å². The SMILES string of the molecule is COc1ccc(S(=O)(=O)c2ccc(NS(=O)(=O)c3ccccc3)c([N+](=O)[O-])c2)cc1O. The van der Waals surface area contributed by atoms with Gasteiger partial charge in [-0.3, -0.25) is 14.8 Å². The van der Waals surface area contributed by atoms with E-state index >= 15 is 0 Å². The molecular weight excluding hydrogens is 448 g/mol. The first-order valence-corrected chi connectivity index (χ1v) is 11.5. The summed E-state index contributed by atoms with van der Waals surface area (Å²) in [7, 11) is -7.09. The zero-order chi connectivity index (χ0) is 22.8. The molecule has 0 saturated carbocycles. The largest absolute Gasteiger partial charge is 0.504 e. The lowest BCUT2D eigenvalue weighted by Gasteiger charge is -2.11. The van der Waals surface area contributed by atoms with Crippen LogP contribution < -0.4 is 9.46 Å². The zero-order valence-corrected chi connectivity index (χ0v) is 17.6. The van der Waals surface area contributed by atoms with Crippen molar-refractivity contribution in [1.82, 2.24) is 0 Å². The minimum atomic E-state index is -4.25. The highest BCUT2D eigenvalue weighted by Crippen LogP contribution is 2.34. The van der Waals surface area contributed by atoms with Gasteiger partial charge in [0.2, 0.25) is 9.84 Å². The van der Waals surface area contributed by atoms with Gasteiger partial charge in [0.05, 0.1) is 26.7 Å². The van der Waals surface area contributed by atoms with Crippen LogP contribution in [0.5, 0.6) is 11.5 Å². The number of ether oxygens (including phenoxy) is 1. The quantitative estimate of drug-likeness (QED) is 0.400. The summed E-state index contributed by atoms with van der Waals surface area (Å²) in [5.74, 6) is -0.374. The Balaban J connectivity index is 2.04. The lowest BCUT2D eigenvalue weighted by Crippen LogP contribution is -2.14. The lowest BCUT2D eigenvalue weighted by atomic mass is 10.3. The van der Waals surface area contributed by atoms with Crippen LogP contribution in [0.2, 0.25) is 0 Å². The van der Waals surface area contributed by atoms with Gasteiger partial charge in [0, 0.05) is 12.1 Å². The fraction of sp³-hybridized carbons (Fsp3) is 0.0526. The Morgan fingerprint density at radius 1 is 0.903 bits per heavy atom. The molecule has 0 radical (unpaired) electrons. The van der Waals surface area contributed by atoms with Crippen molar-refractivity contribution in [3.05, 3.63) is 76.8 Å². The molecule has 0 aliphatic heterocycles. The zero-order valence-electron chi connectivity index (χ0n) is 15.9. The second-order valence-corrected chi connectivity index (χ2v) is 9.82. The van der Waals surface area contributed by atoms with Crippen LogP contribution in [0.3, 0.4) is 0 Å². The second-order valence-electron chi connectivity index (χ2n) is 6.19. The van der Waals surface area contributed by atoms with E-state index in [9.17, 15) is 32.1 Å². The fourth-order valence-corrected chi connectivity index (χ4v) is 5.09. The van der Waals surface area contributed by atoms with Crippen LogP contribution in [0.1, 0.15) is 0 Å². The third-order valence-electron chi connectivity index (χ3n) is 4.23. The summed E-state index contributed by atoms with van der Waals surface area (Å²) in [4.78, 5) is 9.73. The summed E-state index contributed by atoms with van der Waals surface area (Å²) < 4.78 is 57.7. The van der Waals surface area contributed by atoms with Crippen molar-refractivity contribution >= 4 is 31.2 Å². The van der Waals surface area contributed by atoms with Crippen molar-refractivity contribution in [3.8, 4) is 11.5 Å². The number of aromatic hydroxyl groups is 1. The van der Waals surface area contributed by atoms with Gasteiger partial charge in [0.25, 0.3) is 15.7 Å². The molecule has 0 amide bonds. The number of nitro benzene ring substituents is 1. The molecule has 0 heterocycles. The number of benzene rings is 3. The van der Waals surface area contributed by atoms with Gasteiger partial charge in [0.15, 0.2) is 11.5 Å². The van der Waals surface area contributed by atoms with Gasteiger partial charge < -0.3 is 9.84 Å². The molecule has 0 bridgehead atoms. The number of anilines is 1. The number of nitrogens with zero attached hydrogens (tertiary/aromatic N) is 1. The third kappa shape index (κ3) is 4.44. The van der Waals surface area contributed by atoms with E-state index in [0.717, 1.165) is 24.3 Å². The summed E-state index contributed by atoms with van der Waals surface area (Å²) in [6, 6.07) is 13.3.